The van der Waals surface area contributed by atoms with Crippen LogP contribution in [0, 0.1) is 5.92 Å². The van der Waals surface area contributed by atoms with Gasteiger partial charge in [0.15, 0.2) is 0 Å². The highest BCUT2D eigenvalue weighted by Gasteiger charge is 2.33. The van der Waals surface area contributed by atoms with Crippen molar-refractivity contribution in [2.24, 2.45) is 11.7 Å². The van der Waals surface area contributed by atoms with Gasteiger partial charge in [-0.2, -0.15) is 0 Å². The summed E-state index contributed by atoms with van der Waals surface area (Å²) in [5.74, 6) is -1.06. The maximum absolute atomic E-state index is 12.0. The number of piperidine rings is 1. The number of carboxylic acids is 1. The van der Waals surface area contributed by atoms with E-state index < -0.39 is 11.5 Å². The van der Waals surface area contributed by atoms with Gasteiger partial charge >= 0.3 is 5.97 Å². The van der Waals surface area contributed by atoms with Gasteiger partial charge in [-0.15, -0.1) is 0 Å². The molecule has 0 radical (unpaired) electrons. The molecule has 1 heterocycles. The Labute approximate surface area is 102 Å². The van der Waals surface area contributed by atoms with Crippen molar-refractivity contribution < 1.29 is 14.7 Å². The van der Waals surface area contributed by atoms with Crippen LogP contribution in [0.2, 0.25) is 0 Å². The van der Waals surface area contributed by atoms with Crippen molar-refractivity contribution in [1.29, 1.82) is 0 Å². The van der Waals surface area contributed by atoms with Crippen LogP contribution in [0.1, 0.15) is 40.0 Å². The molecule has 3 N–H and O–H groups in total. The first-order valence-corrected chi connectivity index (χ1v) is 6.02. The normalized spacial score (nSPS) is 25.8. The van der Waals surface area contributed by atoms with Crippen molar-refractivity contribution in [2.45, 2.75) is 51.6 Å². The second kappa shape index (κ2) is 5.04. The Balaban J connectivity index is 2.58. The van der Waals surface area contributed by atoms with Gasteiger partial charge < -0.3 is 15.7 Å². The molecular formula is C12H22N2O3. The summed E-state index contributed by atoms with van der Waals surface area (Å²) in [5, 5.41) is 8.94. The van der Waals surface area contributed by atoms with Crippen LogP contribution in [0.5, 0.6) is 0 Å². The number of rotatable bonds is 3. The molecule has 0 spiro atoms. The summed E-state index contributed by atoms with van der Waals surface area (Å²) in [4.78, 5) is 24.6. The van der Waals surface area contributed by atoms with E-state index in [0.717, 1.165) is 0 Å². The number of hydrogen-bond acceptors (Lipinski definition) is 3. The van der Waals surface area contributed by atoms with Crippen LogP contribution < -0.4 is 5.73 Å². The van der Waals surface area contributed by atoms with Gasteiger partial charge in [0.2, 0.25) is 5.91 Å². The summed E-state index contributed by atoms with van der Waals surface area (Å²) in [6.07, 6.45) is 1.37. The fourth-order valence-electron chi connectivity index (χ4n) is 2.26. The zero-order valence-electron chi connectivity index (χ0n) is 10.8. The summed E-state index contributed by atoms with van der Waals surface area (Å²) in [5.41, 5.74) is 5.31. The number of aliphatic carboxylic acids is 1. The SMILES string of the molecule is CC1CC(C(=O)O)CCN1C(=O)CC(C)(C)N. The first-order chi connectivity index (χ1) is 7.70. The highest BCUT2D eigenvalue weighted by Crippen LogP contribution is 2.24. The summed E-state index contributed by atoms with van der Waals surface area (Å²) in [6.45, 7) is 6.06. The van der Waals surface area contributed by atoms with E-state index in [0.29, 0.717) is 25.8 Å². The number of carbonyl (C=O) groups is 2. The Morgan fingerprint density at radius 1 is 1.47 bits per heavy atom. The molecule has 0 aromatic rings. The van der Waals surface area contributed by atoms with Crippen LogP contribution in [0.3, 0.4) is 0 Å². The van der Waals surface area contributed by atoms with Gasteiger partial charge in [-0.05, 0) is 33.6 Å². The first-order valence-electron chi connectivity index (χ1n) is 6.02. The quantitative estimate of drug-likeness (QED) is 0.767. The first kappa shape index (κ1) is 14.0. The van der Waals surface area contributed by atoms with Gasteiger partial charge in [0.1, 0.15) is 0 Å². The third-order valence-electron chi connectivity index (χ3n) is 3.15. The number of nitrogens with two attached hydrogens (primary N) is 1. The lowest BCUT2D eigenvalue weighted by Crippen LogP contribution is -2.49. The van der Waals surface area contributed by atoms with Crippen LogP contribution in [0.15, 0.2) is 0 Å². The predicted molar refractivity (Wildman–Crippen MR) is 64.4 cm³/mol. The average molecular weight is 242 g/mol. The van der Waals surface area contributed by atoms with Crippen molar-refractivity contribution in [3.63, 3.8) is 0 Å². The molecule has 2 atom stereocenters. The smallest absolute Gasteiger partial charge is 0.306 e. The monoisotopic (exact) mass is 242 g/mol. The standard InChI is InChI=1S/C12H22N2O3/c1-8-6-9(11(16)17)4-5-14(8)10(15)7-12(2,3)13/h8-9H,4-7,13H2,1-3H3,(H,16,17). The number of nitrogens with zero attached hydrogens (tertiary/aromatic N) is 1. The third kappa shape index (κ3) is 4.00. The molecule has 1 aliphatic rings. The van der Waals surface area contributed by atoms with Crippen molar-refractivity contribution in [2.75, 3.05) is 6.54 Å². The van der Waals surface area contributed by atoms with Gasteiger partial charge in [-0.1, -0.05) is 0 Å². The van der Waals surface area contributed by atoms with Crippen molar-refractivity contribution in [3.05, 3.63) is 0 Å². The van der Waals surface area contributed by atoms with Crippen molar-refractivity contribution in [3.8, 4) is 0 Å². The van der Waals surface area contributed by atoms with Crippen LogP contribution in [-0.2, 0) is 9.59 Å². The molecule has 0 aliphatic carbocycles. The van der Waals surface area contributed by atoms with E-state index in [1.807, 2.05) is 20.8 Å². The number of likely N-dealkylation sites (tertiary alicyclic amines) is 1. The van der Waals surface area contributed by atoms with Gasteiger partial charge in [-0.3, -0.25) is 9.59 Å². The Hall–Kier alpha value is -1.10. The topological polar surface area (TPSA) is 83.6 Å². The van der Waals surface area contributed by atoms with E-state index >= 15 is 0 Å². The van der Waals surface area contributed by atoms with Crippen LogP contribution in [-0.4, -0.2) is 40.0 Å². The zero-order valence-corrected chi connectivity index (χ0v) is 10.8. The van der Waals surface area contributed by atoms with E-state index in [4.69, 9.17) is 10.8 Å². The Morgan fingerprint density at radius 3 is 2.47 bits per heavy atom. The summed E-state index contributed by atoms with van der Waals surface area (Å²) >= 11 is 0. The van der Waals surface area contributed by atoms with E-state index in [9.17, 15) is 9.59 Å². The van der Waals surface area contributed by atoms with Crippen molar-refractivity contribution >= 4 is 11.9 Å². The third-order valence-corrected chi connectivity index (χ3v) is 3.15. The molecule has 1 saturated heterocycles. The fourth-order valence-corrected chi connectivity index (χ4v) is 2.26. The number of amides is 1. The lowest BCUT2D eigenvalue weighted by atomic mass is 9.90. The van der Waals surface area contributed by atoms with Gasteiger partial charge in [0.25, 0.3) is 0 Å². The molecule has 1 rings (SSSR count). The predicted octanol–water partition coefficient (Wildman–Crippen LogP) is 0.826. The Kier molecular flexibility index (Phi) is 4.14. The van der Waals surface area contributed by atoms with E-state index in [1.54, 1.807) is 4.90 Å². The molecule has 1 amide bonds. The summed E-state index contributed by atoms with van der Waals surface area (Å²) in [6, 6.07) is -0.0142. The molecule has 5 nitrogen and oxygen atoms in total. The lowest BCUT2D eigenvalue weighted by molar-refractivity contribution is -0.147. The molecule has 0 bridgehead atoms. The van der Waals surface area contributed by atoms with Gasteiger partial charge in [-0.25, -0.2) is 0 Å². The molecular weight excluding hydrogens is 220 g/mol. The molecule has 0 aromatic carbocycles. The van der Waals surface area contributed by atoms with Crippen LogP contribution in [0.25, 0.3) is 0 Å². The van der Waals surface area contributed by atoms with E-state index in [-0.39, 0.29) is 17.9 Å². The summed E-state index contributed by atoms with van der Waals surface area (Å²) in [7, 11) is 0. The highest BCUT2D eigenvalue weighted by molar-refractivity contribution is 5.78. The minimum absolute atomic E-state index is 0.0142. The Morgan fingerprint density at radius 2 is 2.06 bits per heavy atom. The second-order valence-corrected chi connectivity index (χ2v) is 5.66. The van der Waals surface area contributed by atoms with E-state index in [1.165, 1.54) is 0 Å². The average Bonchev–Trinajstić information content (AvgIpc) is 2.14. The van der Waals surface area contributed by atoms with Crippen LogP contribution >= 0.6 is 0 Å². The van der Waals surface area contributed by atoms with Gasteiger partial charge in [0, 0.05) is 24.5 Å². The molecule has 1 fully saturated rings. The maximum Gasteiger partial charge on any atom is 0.306 e. The molecule has 0 saturated carbocycles. The van der Waals surface area contributed by atoms with Crippen LogP contribution in [0.4, 0.5) is 0 Å². The Bertz CT molecular complexity index is 309. The van der Waals surface area contributed by atoms with Crippen molar-refractivity contribution in [1.82, 2.24) is 4.90 Å². The molecule has 5 heteroatoms. The molecule has 98 valence electrons. The maximum atomic E-state index is 12.0. The fraction of sp³-hybridized carbons (Fsp3) is 0.833. The molecule has 1 aliphatic heterocycles. The number of hydrogen-bond donors (Lipinski definition) is 2. The molecule has 17 heavy (non-hydrogen) atoms. The van der Waals surface area contributed by atoms with Gasteiger partial charge in [0.05, 0.1) is 5.92 Å². The highest BCUT2D eigenvalue weighted by atomic mass is 16.4. The molecule has 2 unspecified atom stereocenters. The minimum atomic E-state index is -0.761. The number of carboxylic acid groups (broad SMARTS) is 1. The molecule has 0 aromatic heterocycles. The number of carbonyl (C=O) groups excluding carboxylic acids is 1. The lowest BCUT2D eigenvalue weighted by Gasteiger charge is -2.37. The minimum Gasteiger partial charge on any atom is -0.481 e. The second-order valence-electron chi connectivity index (χ2n) is 5.66. The summed E-state index contributed by atoms with van der Waals surface area (Å²) < 4.78 is 0. The largest absolute Gasteiger partial charge is 0.481 e. The zero-order chi connectivity index (χ0) is 13.2. The van der Waals surface area contributed by atoms with E-state index in [2.05, 4.69) is 0 Å².